The van der Waals surface area contributed by atoms with Gasteiger partial charge in [0, 0.05) is 23.2 Å². The summed E-state index contributed by atoms with van der Waals surface area (Å²) in [6.45, 7) is 2.56. The monoisotopic (exact) mass is 587 g/mol. The summed E-state index contributed by atoms with van der Waals surface area (Å²) >= 11 is 0. The Morgan fingerprint density at radius 2 is 1.35 bits per heavy atom. The topological polar surface area (TPSA) is 83.5 Å². The minimum absolute atomic E-state index is 0.0545. The molecule has 5 nitrogen and oxygen atoms in total. The highest BCUT2D eigenvalue weighted by molar-refractivity contribution is 6.15. The van der Waals surface area contributed by atoms with Crippen molar-refractivity contribution in [3.05, 3.63) is 141 Å². The van der Waals surface area contributed by atoms with Crippen molar-refractivity contribution in [3.8, 4) is 0 Å². The Morgan fingerprint density at radius 1 is 0.744 bits per heavy atom. The number of amides is 1. The average Bonchev–Trinajstić information content (AvgIpc) is 3.00. The largest absolute Gasteiger partial charge is 0.478 e. The van der Waals surface area contributed by atoms with Crippen molar-refractivity contribution in [1.82, 2.24) is 5.32 Å². The Labute approximate surface area is 248 Å². The molecular formula is C35H32F3NO4. The molecule has 0 aliphatic carbocycles. The van der Waals surface area contributed by atoms with Gasteiger partial charge in [0.05, 0.1) is 11.1 Å². The number of aryl methyl sites for hydroxylation is 1. The summed E-state index contributed by atoms with van der Waals surface area (Å²) in [5, 5.41) is 12.7. The fraction of sp³-hybridized carbons (Fsp3) is 0.229. The maximum Gasteiger partial charge on any atom is 0.416 e. The average molecular weight is 588 g/mol. The normalized spacial score (nSPS) is 11.3. The molecule has 4 rings (SSSR count). The molecule has 0 radical (unpaired) electrons. The Hall–Kier alpha value is -4.72. The Balaban J connectivity index is 1.46. The van der Waals surface area contributed by atoms with Crippen LogP contribution in [0.1, 0.15) is 90.6 Å². The van der Waals surface area contributed by atoms with Crippen LogP contribution in [-0.4, -0.2) is 22.8 Å². The zero-order valence-corrected chi connectivity index (χ0v) is 23.7. The molecule has 0 unspecified atom stereocenters. The van der Waals surface area contributed by atoms with E-state index in [2.05, 4.69) is 24.4 Å². The molecule has 2 N–H and O–H groups in total. The van der Waals surface area contributed by atoms with E-state index in [0.29, 0.717) is 17.7 Å². The maximum absolute atomic E-state index is 13.4. The second kappa shape index (κ2) is 14.0. The molecule has 0 aliphatic rings. The quantitative estimate of drug-likeness (QED) is 0.130. The van der Waals surface area contributed by atoms with E-state index < -0.39 is 23.5 Å². The van der Waals surface area contributed by atoms with Gasteiger partial charge in [-0.2, -0.15) is 13.2 Å². The minimum Gasteiger partial charge on any atom is -0.478 e. The molecule has 0 saturated heterocycles. The zero-order chi connectivity index (χ0) is 31.0. The summed E-state index contributed by atoms with van der Waals surface area (Å²) in [7, 11) is 0. The zero-order valence-electron chi connectivity index (χ0n) is 23.7. The van der Waals surface area contributed by atoms with Crippen molar-refractivity contribution in [2.45, 2.75) is 51.7 Å². The fourth-order valence-electron chi connectivity index (χ4n) is 4.83. The lowest BCUT2D eigenvalue weighted by atomic mass is 9.90. The van der Waals surface area contributed by atoms with Crippen LogP contribution < -0.4 is 5.32 Å². The summed E-state index contributed by atoms with van der Waals surface area (Å²) in [4.78, 5) is 38.1. The Kier molecular flexibility index (Phi) is 10.1. The first-order valence-electron chi connectivity index (χ1n) is 14.1. The van der Waals surface area contributed by atoms with Crippen molar-refractivity contribution in [2.75, 3.05) is 0 Å². The van der Waals surface area contributed by atoms with E-state index in [1.54, 1.807) is 30.3 Å². The molecular weight excluding hydrogens is 555 g/mol. The van der Waals surface area contributed by atoms with Crippen LogP contribution in [0, 0.1) is 0 Å². The van der Waals surface area contributed by atoms with Crippen LogP contribution in [0.15, 0.2) is 91.0 Å². The lowest BCUT2D eigenvalue weighted by Gasteiger charge is -2.13. The molecule has 222 valence electrons. The summed E-state index contributed by atoms with van der Waals surface area (Å²) in [5.74, 6) is -2.26. The molecule has 0 aromatic heterocycles. The van der Waals surface area contributed by atoms with Gasteiger partial charge in [0.25, 0.3) is 5.91 Å². The number of rotatable bonds is 12. The number of carbonyl (C=O) groups excluding carboxylic acids is 2. The fourth-order valence-corrected chi connectivity index (χ4v) is 4.83. The van der Waals surface area contributed by atoms with Crippen LogP contribution in [0.25, 0.3) is 0 Å². The van der Waals surface area contributed by atoms with Crippen molar-refractivity contribution < 1.29 is 32.7 Å². The number of carbonyl (C=O) groups is 3. The van der Waals surface area contributed by atoms with Gasteiger partial charge in [0.2, 0.25) is 0 Å². The van der Waals surface area contributed by atoms with E-state index in [-0.39, 0.29) is 29.0 Å². The number of carboxylic acid groups (broad SMARTS) is 1. The third kappa shape index (κ3) is 8.19. The summed E-state index contributed by atoms with van der Waals surface area (Å²) < 4.78 is 39.0. The number of unbranched alkanes of at least 4 members (excludes halogenated alkanes) is 2. The summed E-state index contributed by atoms with van der Waals surface area (Å²) in [6.07, 6.45) is 0.189. The number of hydrogen-bond donors (Lipinski definition) is 2. The van der Waals surface area contributed by atoms with Crippen molar-refractivity contribution in [2.24, 2.45) is 0 Å². The van der Waals surface area contributed by atoms with Crippen molar-refractivity contribution in [1.29, 1.82) is 0 Å². The number of ketones is 1. The van der Waals surface area contributed by atoms with E-state index in [9.17, 15) is 32.7 Å². The van der Waals surface area contributed by atoms with Gasteiger partial charge in [-0.3, -0.25) is 9.59 Å². The third-order valence-corrected chi connectivity index (χ3v) is 7.24. The van der Waals surface area contributed by atoms with Crippen molar-refractivity contribution >= 4 is 17.7 Å². The lowest BCUT2D eigenvalue weighted by molar-refractivity contribution is -0.137. The highest BCUT2D eigenvalue weighted by atomic mass is 19.4. The molecule has 0 spiro atoms. The predicted octanol–water partition coefficient (Wildman–Crippen LogP) is 7.89. The highest BCUT2D eigenvalue weighted by Crippen LogP contribution is 2.30. The molecule has 4 aromatic carbocycles. The van der Waals surface area contributed by atoms with Crippen LogP contribution in [0.4, 0.5) is 13.2 Å². The number of aromatic carboxylic acids is 1. The van der Waals surface area contributed by atoms with Gasteiger partial charge in [-0.05, 0) is 71.8 Å². The molecule has 0 bridgehead atoms. The standard InChI is InChI=1S/C35H32F3NO4/c1-2-3-4-6-23-9-11-25(12-10-23)22-39-33(41)27-15-13-24(14-16-27)21-28-7-5-8-30(34(42)43)31(28)32(40)26-17-19-29(20-18-26)35(36,37)38/h5,7-20H,2-4,6,21-22H2,1H3,(H,39,41)(H,42,43). The SMILES string of the molecule is CCCCCc1ccc(CNC(=O)c2ccc(Cc3cccc(C(=O)O)c3C(=O)c3ccc(C(F)(F)F)cc3)cc2)cc1. The van der Waals surface area contributed by atoms with Crippen LogP contribution >= 0.6 is 0 Å². The van der Waals surface area contributed by atoms with E-state index in [4.69, 9.17) is 0 Å². The van der Waals surface area contributed by atoms with E-state index >= 15 is 0 Å². The van der Waals surface area contributed by atoms with Gasteiger partial charge in [-0.1, -0.05) is 80.4 Å². The smallest absolute Gasteiger partial charge is 0.416 e. The minimum atomic E-state index is -4.56. The molecule has 8 heteroatoms. The van der Waals surface area contributed by atoms with Crippen LogP contribution in [0.5, 0.6) is 0 Å². The molecule has 4 aromatic rings. The number of halogens is 3. The maximum atomic E-state index is 13.4. The van der Waals surface area contributed by atoms with Gasteiger partial charge in [-0.25, -0.2) is 4.79 Å². The van der Waals surface area contributed by atoms with E-state index in [1.165, 1.54) is 30.5 Å². The second-order valence-corrected chi connectivity index (χ2v) is 10.4. The van der Waals surface area contributed by atoms with Gasteiger partial charge in [0.15, 0.2) is 5.78 Å². The first-order valence-corrected chi connectivity index (χ1v) is 14.1. The summed E-state index contributed by atoms with van der Waals surface area (Å²) in [6, 6.07) is 23.0. The third-order valence-electron chi connectivity index (χ3n) is 7.24. The molecule has 1 amide bonds. The first-order chi connectivity index (χ1) is 20.6. The molecule has 0 heterocycles. The Morgan fingerprint density at radius 3 is 1.95 bits per heavy atom. The van der Waals surface area contributed by atoms with Crippen LogP contribution in [0.2, 0.25) is 0 Å². The molecule has 0 saturated carbocycles. The van der Waals surface area contributed by atoms with Crippen LogP contribution in [-0.2, 0) is 25.6 Å². The number of carboxylic acids is 1. The molecule has 43 heavy (non-hydrogen) atoms. The second-order valence-electron chi connectivity index (χ2n) is 10.4. The Bertz CT molecular complexity index is 1580. The van der Waals surface area contributed by atoms with Gasteiger partial charge in [-0.15, -0.1) is 0 Å². The summed E-state index contributed by atoms with van der Waals surface area (Å²) in [5.41, 5.74) is 2.54. The predicted molar refractivity (Wildman–Crippen MR) is 158 cm³/mol. The molecule has 0 fully saturated rings. The van der Waals surface area contributed by atoms with Gasteiger partial charge in [0.1, 0.15) is 0 Å². The van der Waals surface area contributed by atoms with Crippen LogP contribution in [0.3, 0.4) is 0 Å². The number of benzene rings is 4. The number of nitrogens with one attached hydrogen (secondary N) is 1. The number of alkyl halides is 3. The van der Waals surface area contributed by atoms with E-state index in [1.807, 2.05) is 12.1 Å². The molecule has 0 atom stereocenters. The van der Waals surface area contributed by atoms with Gasteiger partial charge >= 0.3 is 12.1 Å². The first kappa shape index (κ1) is 31.2. The van der Waals surface area contributed by atoms with E-state index in [0.717, 1.165) is 48.2 Å². The van der Waals surface area contributed by atoms with Crippen molar-refractivity contribution in [3.63, 3.8) is 0 Å². The lowest BCUT2D eigenvalue weighted by Crippen LogP contribution is -2.22. The van der Waals surface area contributed by atoms with Gasteiger partial charge < -0.3 is 10.4 Å². The highest BCUT2D eigenvalue weighted by Gasteiger charge is 2.30. The molecule has 0 aliphatic heterocycles. The number of hydrogen-bond acceptors (Lipinski definition) is 3.